The first-order valence-electron chi connectivity index (χ1n) is 15.0. The van der Waals surface area contributed by atoms with Crippen LogP contribution in [-0.2, 0) is 11.1 Å². The van der Waals surface area contributed by atoms with Crippen LogP contribution in [0.1, 0.15) is 102 Å². The van der Waals surface area contributed by atoms with E-state index in [0.717, 1.165) is 17.7 Å². The monoisotopic (exact) mass is 588 g/mol. The highest BCUT2D eigenvalue weighted by molar-refractivity contribution is 7.48. The van der Waals surface area contributed by atoms with Gasteiger partial charge in [0, 0.05) is 5.56 Å². The van der Waals surface area contributed by atoms with Crippen molar-refractivity contribution < 1.29 is 27.8 Å². The van der Waals surface area contributed by atoms with Crippen LogP contribution in [0.2, 0.25) is 0 Å². The molecule has 3 rings (SSSR count). The molecular weight excluding hydrogens is 541 g/mol. The standard InChI is InChI=1S/C32H46NO5PS/c1-2-3-4-5-6-7-8-9-10-11-12-13-14-15-24-36-30-19-21-31(22-20-30)37-39(34,35)38-32-18-16-17-29(26-32)27-33-23-25-40-28-33/h16-23,25-26,28H,2-15,24,27H2,1H3/p+1. The first-order chi connectivity index (χ1) is 19.5. The van der Waals surface area contributed by atoms with Crippen LogP contribution >= 0.6 is 19.2 Å². The minimum absolute atomic E-state index is 0.250. The summed E-state index contributed by atoms with van der Waals surface area (Å²) in [5.74, 6) is 1.25. The third-order valence-corrected chi connectivity index (χ3v) is 8.38. The van der Waals surface area contributed by atoms with E-state index < -0.39 is 7.82 Å². The molecule has 0 aliphatic heterocycles. The predicted molar refractivity (Wildman–Crippen MR) is 163 cm³/mol. The van der Waals surface area contributed by atoms with Gasteiger partial charge in [0.05, 0.1) is 12.0 Å². The maximum atomic E-state index is 12.6. The van der Waals surface area contributed by atoms with E-state index >= 15 is 0 Å². The summed E-state index contributed by atoms with van der Waals surface area (Å²) < 4.78 is 31.0. The third kappa shape index (κ3) is 13.8. The van der Waals surface area contributed by atoms with Crippen molar-refractivity contribution in [3.8, 4) is 17.2 Å². The molecule has 0 fully saturated rings. The molecule has 0 aliphatic rings. The molecule has 3 aromatic rings. The smallest absolute Gasteiger partial charge is 0.494 e. The van der Waals surface area contributed by atoms with E-state index in [1.54, 1.807) is 53.8 Å². The van der Waals surface area contributed by atoms with E-state index in [9.17, 15) is 9.46 Å². The van der Waals surface area contributed by atoms with Gasteiger partial charge in [0.2, 0.25) is 5.51 Å². The van der Waals surface area contributed by atoms with Gasteiger partial charge < -0.3 is 13.8 Å². The molecule has 8 heteroatoms. The summed E-state index contributed by atoms with van der Waals surface area (Å²) in [7, 11) is -4.34. The summed E-state index contributed by atoms with van der Waals surface area (Å²) in [4.78, 5) is 10.3. The van der Waals surface area contributed by atoms with Gasteiger partial charge in [-0.15, -0.1) is 0 Å². The number of thiazole rings is 1. The molecule has 40 heavy (non-hydrogen) atoms. The average molecular weight is 589 g/mol. The second-order valence-electron chi connectivity index (χ2n) is 10.4. The number of hydrogen-bond donors (Lipinski definition) is 1. The lowest BCUT2D eigenvalue weighted by Crippen LogP contribution is -2.30. The van der Waals surface area contributed by atoms with E-state index in [4.69, 9.17) is 13.8 Å². The van der Waals surface area contributed by atoms with E-state index in [1.807, 2.05) is 27.7 Å². The van der Waals surface area contributed by atoms with Crippen LogP contribution in [0, 0.1) is 0 Å². The molecule has 1 aromatic heterocycles. The van der Waals surface area contributed by atoms with E-state index in [0.29, 0.717) is 13.2 Å². The van der Waals surface area contributed by atoms with Crippen molar-refractivity contribution in [1.82, 2.24) is 0 Å². The zero-order valence-corrected chi connectivity index (χ0v) is 25.8. The third-order valence-electron chi connectivity index (χ3n) is 6.82. The van der Waals surface area contributed by atoms with Crippen LogP contribution in [0.4, 0.5) is 0 Å². The summed E-state index contributed by atoms with van der Waals surface area (Å²) >= 11 is 1.61. The molecule has 0 spiro atoms. The van der Waals surface area contributed by atoms with Crippen LogP contribution < -0.4 is 18.4 Å². The number of benzene rings is 2. The minimum Gasteiger partial charge on any atom is -0.494 e. The Labute approximate surface area is 245 Å². The van der Waals surface area contributed by atoms with Gasteiger partial charge in [0.1, 0.15) is 17.2 Å². The Morgan fingerprint density at radius 2 is 1.32 bits per heavy atom. The highest BCUT2D eigenvalue weighted by Crippen LogP contribution is 2.44. The van der Waals surface area contributed by atoms with E-state index in [2.05, 4.69) is 6.92 Å². The summed E-state index contributed by atoms with van der Waals surface area (Å²) in [5, 5.41) is 1.99. The molecule has 0 saturated heterocycles. The Morgan fingerprint density at radius 3 is 1.93 bits per heavy atom. The van der Waals surface area contributed by atoms with Gasteiger partial charge in [-0.3, -0.25) is 4.89 Å². The van der Waals surface area contributed by atoms with Crippen molar-refractivity contribution in [3.63, 3.8) is 0 Å². The molecule has 1 heterocycles. The number of nitrogens with zero attached hydrogens (tertiary/aromatic N) is 1. The van der Waals surface area contributed by atoms with E-state index in [1.165, 1.54) is 83.5 Å². The van der Waals surface area contributed by atoms with Gasteiger partial charge in [0.25, 0.3) is 0 Å². The molecule has 0 amide bonds. The number of hydrogen-bond acceptors (Lipinski definition) is 5. The van der Waals surface area contributed by atoms with Gasteiger partial charge >= 0.3 is 7.82 Å². The van der Waals surface area contributed by atoms with Gasteiger partial charge in [-0.1, -0.05) is 114 Å². The van der Waals surface area contributed by atoms with Crippen molar-refractivity contribution in [2.24, 2.45) is 0 Å². The summed E-state index contributed by atoms with van der Waals surface area (Å²) in [6.07, 6.45) is 20.6. The molecule has 0 radical (unpaired) electrons. The fraction of sp³-hybridized carbons (Fsp3) is 0.531. The first-order valence-corrected chi connectivity index (χ1v) is 17.4. The predicted octanol–water partition coefficient (Wildman–Crippen LogP) is 9.50. The highest BCUT2D eigenvalue weighted by Gasteiger charge is 2.25. The Hall–Kier alpha value is -2.34. The fourth-order valence-electron chi connectivity index (χ4n) is 4.63. The van der Waals surface area contributed by atoms with Crippen LogP contribution in [0.5, 0.6) is 17.2 Å². The lowest BCUT2D eigenvalue weighted by atomic mass is 10.0. The maximum absolute atomic E-state index is 12.6. The highest BCUT2D eigenvalue weighted by atomic mass is 32.1. The largest absolute Gasteiger partial charge is 0.584 e. The maximum Gasteiger partial charge on any atom is 0.584 e. The molecule has 0 bridgehead atoms. The van der Waals surface area contributed by atoms with Crippen LogP contribution in [-0.4, -0.2) is 11.5 Å². The van der Waals surface area contributed by atoms with Gasteiger partial charge in [0.15, 0.2) is 12.7 Å². The Morgan fingerprint density at radius 1 is 0.750 bits per heavy atom. The van der Waals surface area contributed by atoms with Crippen molar-refractivity contribution in [2.75, 3.05) is 6.61 Å². The number of unbranched alkanes of at least 4 members (excludes halogenated alkanes) is 13. The summed E-state index contributed by atoms with van der Waals surface area (Å²) in [6.45, 7) is 3.59. The molecule has 1 unspecified atom stereocenters. The molecule has 0 saturated carbocycles. The number of rotatable bonds is 22. The van der Waals surface area contributed by atoms with Crippen LogP contribution in [0.3, 0.4) is 0 Å². The number of ether oxygens (including phenoxy) is 1. The molecule has 220 valence electrons. The Bertz CT molecular complexity index is 1110. The minimum atomic E-state index is -4.34. The normalized spacial score (nSPS) is 12.7. The lowest BCUT2D eigenvalue weighted by Gasteiger charge is -2.14. The number of aromatic nitrogens is 1. The zero-order chi connectivity index (χ0) is 28.3. The molecular formula is C32H47NO5PS+. The number of phosphoric ester groups is 1. The molecule has 1 atom stereocenters. The molecule has 0 aliphatic carbocycles. The van der Waals surface area contributed by atoms with Crippen molar-refractivity contribution in [3.05, 3.63) is 71.2 Å². The molecule has 1 N–H and O–H groups in total. The first kappa shape index (κ1) is 32.2. The SMILES string of the molecule is CCCCCCCCCCCCCCCCOc1ccc(OP(=O)(O)Oc2cccc(C[n+]3ccsc3)c2)cc1. The van der Waals surface area contributed by atoms with Crippen molar-refractivity contribution >= 4 is 19.2 Å². The summed E-state index contributed by atoms with van der Waals surface area (Å²) in [6, 6.07) is 13.9. The topological polar surface area (TPSA) is 68.9 Å². The van der Waals surface area contributed by atoms with E-state index in [-0.39, 0.29) is 11.5 Å². The fourth-order valence-corrected chi connectivity index (χ4v) is 6.03. The second kappa shape index (κ2) is 18.9. The quantitative estimate of drug-likeness (QED) is 0.0719. The zero-order valence-electron chi connectivity index (χ0n) is 24.0. The van der Waals surface area contributed by atoms with Gasteiger partial charge in [-0.25, -0.2) is 4.57 Å². The lowest BCUT2D eigenvalue weighted by molar-refractivity contribution is -0.683. The van der Waals surface area contributed by atoms with Crippen LogP contribution in [0.25, 0.3) is 0 Å². The average Bonchev–Trinajstić information content (AvgIpc) is 3.44. The van der Waals surface area contributed by atoms with Crippen molar-refractivity contribution in [2.45, 2.75) is 103 Å². The Kier molecular flexibility index (Phi) is 15.2. The second-order valence-corrected chi connectivity index (χ2v) is 12.5. The Balaban J connectivity index is 1.24. The number of phosphoric acid groups is 1. The molecule has 2 aromatic carbocycles. The van der Waals surface area contributed by atoms with Crippen molar-refractivity contribution in [1.29, 1.82) is 0 Å². The summed E-state index contributed by atoms with van der Waals surface area (Å²) in [5.41, 5.74) is 2.96. The molecule has 6 nitrogen and oxygen atoms in total. The van der Waals surface area contributed by atoms with Gasteiger partial charge in [-0.05, 0) is 42.8 Å². The van der Waals surface area contributed by atoms with Crippen LogP contribution in [0.15, 0.2) is 65.6 Å². The van der Waals surface area contributed by atoms with Gasteiger partial charge in [-0.2, -0.15) is 4.57 Å².